The lowest BCUT2D eigenvalue weighted by Crippen LogP contribution is -2.24. The number of carbonyl (C=O) groups is 1. The van der Waals surface area contributed by atoms with Gasteiger partial charge in [0.1, 0.15) is 0 Å². The SMILES string of the molecule is Cc1c(C(=O)N=C(N)N)cnn1-c1ccc(Cl)c(Cl)c1.Cl. The number of halogens is 3. The van der Waals surface area contributed by atoms with Crippen LogP contribution in [0.15, 0.2) is 29.4 Å². The zero-order valence-electron chi connectivity index (χ0n) is 10.9. The Balaban J connectivity index is 0.00000220. The van der Waals surface area contributed by atoms with Gasteiger partial charge in [0.15, 0.2) is 5.96 Å². The fraction of sp³-hybridized carbons (Fsp3) is 0.0833. The van der Waals surface area contributed by atoms with Gasteiger partial charge in [-0.05, 0) is 25.1 Å². The van der Waals surface area contributed by atoms with E-state index in [1.807, 2.05) is 0 Å². The second kappa shape index (κ2) is 6.80. The molecule has 1 aromatic carbocycles. The van der Waals surface area contributed by atoms with Crippen LogP contribution in [-0.4, -0.2) is 21.6 Å². The molecule has 0 aliphatic heterocycles. The Hall–Kier alpha value is -1.76. The molecule has 2 aromatic rings. The summed E-state index contributed by atoms with van der Waals surface area (Å²) < 4.78 is 1.55. The van der Waals surface area contributed by atoms with Gasteiger partial charge < -0.3 is 11.5 Å². The van der Waals surface area contributed by atoms with Crippen molar-refractivity contribution in [2.75, 3.05) is 0 Å². The lowest BCUT2D eigenvalue weighted by Gasteiger charge is -2.06. The molecule has 0 fully saturated rings. The van der Waals surface area contributed by atoms with E-state index >= 15 is 0 Å². The molecule has 0 atom stereocenters. The second-order valence-electron chi connectivity index (χ2n) is 4.00. The van der Waals surface area contributed by atoms with Gasteiger partial charge in [0.2, 0.25) is 0 Å². The average molecular weight is 349 g/mol. The normalized spacial score (nSPS) is 9.86. The van der Waals surface area contributed by atoms with Crippen LogP contribution in [0.1, 0.15) is 16.1 Å². The maximum Gasteiger partial charge on any atom is 0.283 e. The van der Waals surface area contributed by atoms with E-state index in [1.165, 1.54) is 6.20 Å². The first-order valence-electron chi connectivity index (χ1n) is 5.54. The van der Waals surface area contributed by atoms with E-state index in [9.17, 15) is 4.79 Å². The highest BCUT2D eigenvalue weighted by Gasteiger charge is 2.15. The molecule has 4 N–H and O–H groups in total. The Labute approximate surface area is 137 Å². The third kappa shape index (κ3) is 3.66. The van der Waals surface area contributed by atoms with Crippen molar-refractivity contribution in [3.05, 3.63) is 45.7 Å². The van der Waals surface area contributed by atoms with Crippen molar-refractivity contribution in [3.63, 3.8) is 0 Å². The van der Waals surface area contributed by atoms with Crippen molar-refractivity contribution in [3.8, 4) is 5.69 Å². The van der Waals surface area contributed by atoms with Gasteiger partial charge >= 0.3 is 0 Å². The first kappa shape index (κ1) is 17.3. The van der Waals surface area contributed by atoms with Crippen LogP contribution in [0.4, 0.5) is 0 Å². The van der Waals surface area contributed by atoms with Crippen LogP contribution in [0, 0.1) is 6.92 Å². The maximum atomic E-state index is 11.8. The molecule has 2 rings (SSSR count). The number of aromatic nitrogens is 2. The molecular weight excluding hydrogens is 337 g/mol. The van der Waals surface area contributed by atoms with Crippen molar-refractivity contribution >= 4 is 47.5 Å². The van der Waals surface area contributed by atoms with Crippen molar-refractivity contribution in [1.29, 1.82) is 0 Å². The van der Waals surface area contributed by atoms with Gasteiger partial charge in [-0.3, -0.25) is 4.79 Å². The fourth-order valence-corrected chi connectivity index (χ4v) is 1.97. The minimum Gasteiger partial charge on any atom is -0.370 e. The minimum absolute atomic E-state index is 0. The lowest BCUT2D eigenvalue weighted by atomic mass is 10.2. The number of nitrogens with two attached hydrogens (primary N) is 2. The Morgan fingerprint density at radius 3 is 2.52 bits per heavy atom. The molecular formula is C12H12Cl3N5O. The van der Waals surface area contributed by atoms with Gasteiger partial charge in [-0.25, -0.2) is 4.68 Å². The molecule has 0 saturated carbocycles. The molecule has 0 saturated heterocycles. The van der Waals surface area contributed by atoms with Gasteiger partial charge in [0.05, 0.1) is 33.2 Å². The van der Waals surface area contributed by atoms with Gasteiger partial charge in [-0.1, -0.05) is 23.2 Å². The summed E-state index contributed by atoms with van der Waals surface area (Å²) >= 11 is 11.8. The zero-order chi connectivity index (χ0) is 14.9. The maximum absolute atomic E-state index is 11.8. The highest BCUT2D eigenvalue weighted by molar-refractivity contribution is 6.42. The topological polar surface area (TPSA) is 99.3 Å². The number of aliphatic imine (C=N–C) groups is 1. The molecule has 0 aliphatic rings. The predicted molar refractivity (Wildman–Crippen MR) is 85.7 cm³/mol. The average Bonchev–Trinajstić information content (AvgIpc) is 2.74. The lowest BCUT2D eigenvalue weighted by molar-refractivity contribution is 0.100. The highest BCUT2D eigenvalue weighted by Crippen LogP contribution is 2.25. The fourth-order valence-electron chi connectivity index (χ4n) is 1.67. The summed E-state index contributed by atoms with van der Waals surface area (Å²) in [5.74, 6) is -0.842. The number of amides is 1. The van der Waals surface area contributed by atoms with E-state index in [0.29, 0.717) is 27.0 Å². The third-order valence-electron chi connectivity index (χ3n) is 2.62. The van der Waals surface area contributed by atoms with E-state index in [4.69, 9.17) is 34.7 Å². The molecule has 1 heterocycles. The number of benzene rings is 1. The van der Waals surface area contributed by atoms with E-state index in [2.05, 4.69) is 10.1 Å². The van der Waals surface area contributed by atoms with Crippen LogP contribution in [0.25, 0.3) is 5.69 Å². The van der Waals surface area contributed by atoms with E-state index < -0.39 is 5.91 Å². The first-order chi connectivity index (χ1) is 9.40. The van der Waals surface area contributed by atoms with Gasteiger partial charge in [0, 0.05) is 0 Å². The first-order valence-corrected chi connectivity index (χ1v) is 6.29. The van der Waals surface area contributed by atoms with Crippen LogP contribution in [-0.2, 0) is 0 Å². The summed E-state index contributed by atoms with van der Waals surface area (Å²) in [4.78, 5) is 15.3. The summed E-state index contributed by atoms with van der Waals surface area (Å²) in [6.45, 7) is 1.73. The second-order valence-corrected chi connectivity index (χ2v) is 4.81. The molecule has 0 aliphatic carbocycles. The quantitative estimate of drug-likeness (QED) is 0.642. The predicted octanol–water partition coefficient (Wildman–Crippen LogP) is 2.32. The van der Waals surface area contributed by atoms with Crippen LogP contribution < -0.4 is 11.5 Å². The number of hydrogen-bond donors (Lipinski definition) is 2. The summed E-state index contributed by atoms with van der Waals surface area (Å²) in [6, 6.07) is 5.04. The molecule has 0 bridgehead atoms. The number of hydrogen-bond acceptors (Lipinski definition) is 2. The Kier molecular flexibility index (Phi) is 5.60. The van der Waals surface area contributed by atoms with Crippen molar-refractivity contribution in [2.24, 2.45) is 16.5 Å². The highest BCUT2D eigenvalue weighted by atomic mass is 35.5. The molecule has 21 heavy (non-hydrogen) atoms. The Morgan fingerprint density at radius 2 is 1.95 bits per heavy atom. The molecule has 0 spiro atoms. The summed E-state index contributed by atoms with van der Waals surface area (Å²) in [5, 5.41) is 4.97. The number of nitrogens with zero attached hydrogens (tertiary/aromatic N) is 3. The summed E-state index contributed by atoms with van der Waals surface area (Å²) in [5.41, 5.74) is 12.0. The summed E-state index contributed by atoms with van der Waals surface area (Å²) in [7, 11) is 0. The standard InChI is InChI=1S/C12H11Cl2N5O.ClH/c1-6-8(11(20)18-12(15)16)5-17-19(6)7-2-3-9(13)10(14)4-7;/h2-5H,1H3,(H4,15,16,18,20);1H. The zero-order valence-corrected chi connectivity index (χ0v) is 13.2. The van der Waals surface area contributed by atoms with E-state index in [-0.39, 0.29) is 18.4 Å². The molecule has 1 amide bonds. The van der Waals surface area contributed by atoms with E-state index in [0.717, 1.165) is 0 Å². The smallest absolute Gasteiger partial charge is 0.283 e. The van der Waals surface area contributed by atoms with Crippen LogP contribution in [0.5, 0.6) is 0 Å². The van der Waals surface area contributed by atoms with Gasteiger partial charge in [-0.2, -0.15) is 10.1 Å². The number of carbonyl (C=O) groups excluding carboxylic acids is 1. The molecule has 9 heteroatoms. The number of rotatable bonds is 2. The molecule has 0 unspecified atom stereocenters. The van der Waals surface area contributed by atoms with Crippen molar-refractivity contribution in [2.45, 2.75) is 6.92 Å². The van der Waals surface area contributed by atoms with Gasteiger partial charge in [0.25, 0.3) is 5.91 Å². The molecule has 112 valence electrons. The van der Waals surface area contributed by atoms with Gasteiger partial charge in [-0.15, -0.1) is 12.4 Å². The van der Waals surface area contributed by atoms with Crippen molar-refractivity contribution in [1.82, 2.24) is 9.78 Å². The third-order valence-corrected chi connectivity index (χ3v) is 3.36. The van der Waals surface area contributed by atoms with Crippen LogP contribution in [0.3, 0.4) is 0 Å². The molecule has 1 aromatic heterocycles. The minimum atomic E-state index is -0.547. The van der Waals surface area contributed by atoms with Crippen molar-refractivity contribution < 1.29 is 4.79 Å². The number of guanidine groups is 1. The Morgan fingerprint density at radius 1 is 1.29 bits per heavy atom. The largest absolute Gasteiger partial charge is 0.370 e. The molecule has 6 nitrogen and oxygen atoms in total. The molecule has 0 radical (unpaired) electrons. The monoisotopic (exact) mass is 347 g/mol. The Bertz CT molecular complexity index is 707. The van der Waals surface area contributed by atoms with Crippen LogP contribution >= 0.6 is 35.6 Å². The van der Waals surface area contributed by atoms with Crippen LogP contribution in [0.2, 0.25) is 10.0 Å². The summed E-state index contributed by atoms with van der Waals surface area (Å²) in [6.07, 6.45) is 1.40. The van der Waals surface area contributed by atoms with E-state index in [1.54, 1.807) is 29.8 Å².